The smallest absolute Gasteiger partial charge is 0.270 e. The molecule has 0 fully saturated rings. The van der Waals surface area contributed by atoms with Crippen molar-refractivity contribution in [1.82, 2.24) is 15.1 Å². The number of benzene rings is 2. The Balaban J connectivity index is 1.55. The van der Waals surface area contributed by atoms with Crippen LogP contribution < -0.4 is 5.32 Å². The Kier molecular flexibility index (Phi) is 4.70. The predicted octanol–water partition coefficient (Wildman–Crippen LogP) is 4.87. The van der Waals surface area contributed by atoms with Crippen molar-refractivity contribution in [1.29, 1.82) is 0 Å². The first-order chi connectivity index (χ1) is 13.5. The molecule has 28 heavy (non-hydrogen) atoms. The maximum Gasteiger partial charge on any atom is 0.270 e. The van der Waals surface area contributed by atoms with Crippen molar-refractivity contribution in [3.63, 3.8) is 0 Å². The SMILES string of the molecule is Cc1ccc(-c2noc(-c3sc(NC(=O)c4ccc(F)cc4)nc3C)n2)cc1. The van der Waals surface area contributed by atoms with Gasteiger partial charge in [-0.05, 0) is 38.1 Å². The highest BCUT2D eigenvalue weighted by Crippen LogP contribution is 2.33. The molecule has 0 saturated heterocycles. The Bertz CT molecular complexity index is 1130. The van der Waals surface area contributed by atoms with E-state index in [4.69, 9.17) is 4.52 Å². The molecule has 0 unspecified atom stereocenters. The van der Waals surface area contributed by atoms with E-state index in [0.29, 0.717) is 33.0 Å². The first-order valence-electron chi connectivity index (χ1n) is 8.45. The predicted molar refractivity (Wildman–Crippen MR) is 105 cm³/mol. The molecule has 140 valence electrons. The van der Waals surface area contributed by atoms with E-state index in [1.54, 1.807) is 6.92 Å². The van der Waals surface area contributed by atoms with Crippen molar-refractivity contribution in [2.24, 2.45) is 0 Å². The standard InChI is InChI=1S/C20H15FN4O2S/c1-11-3-5-13(6-4-11)17-23-19(27-25-17)16-12(2)22-20(28-16)24-18(26)14-7-9-15(21)10-8-14/h3-10H,1-2H3,(H,22,24,26). The molecule has 2 aromatic heterocycles. The number of aromatic nitrogens is 3. The number of halogens is 1. The minimum absolute atomic E-state index is 0.341. The molecule has 1 N–H and O–H groups in total. The third-order valence-corrected chi connectivity index (χ3v) is 5.11. The highest BCUT2D eigenvalue weighted by Gasteiger charge is 2.18. The largest absolute Gasteiger partial charge is 0.333 e. The van der Waals surface area contributed by atoms with Gasteiger partial charge in [-0.15, -0.1) is 0 Å². The summed E-state index contributed by atoms with van der Waals surface area (Å²) in [5, 5.41) is 7.14. The number of amides is 1. The van der Waals surface area contributed by atoms with Crippen molar-refractivity contribution >= 4 is 22.4 Å². The summed E-state index contributed by atoms with van der Waals surface area (Å²) < 4.78 is 18.4. The molecule has 4 aromatic rings. The van der Waals surface area contributed by atoms with Crippen LogP contribution in [0.4, 0.5) is 9.52 Å². The molecule has 4 rings (SSSR count). The summed E-state index contributed by atoms with van der Waals surface area (Å²) >= 11 is 1.24. The lowest BCUT2D eigenvalue weighted by Crippen LogP contribution is -2.11. The van der Waals surface area contributed by atoms with Crippen LogP contribution in [0.15, 0.2) is 53.1 Å². The van der Waals surface area contributed by atoms with Crippen molar-refractivity contribution in [3.05, 3.63) is 71.2 Å². The van der Waals surface area contributed by atoms with Crippen molar-refractivity contribution in [2.75, 3.05) is 5.32 Å². The zero-order valence-electron chi connectivity index (χ0n) is 15.1. The normalized spacial score (nSPS) is 10.8. The van der Waals surface area contributed by atoms with Crippen LogP contribution in [0.25, 0.3) is 22.2 Å². The van der Waals surface area contributed by atoms with Crippen LogP contribution in [-0.2, 0) is 0 Å². The third-order valence-electron chi connectivity index (χ3n) is 4.05. The van der Waals surface area contributed by atoms with E-state index >= 15 is 0 Å². The van der Waals surface area contributed by atoms with E-state index in [9.17, 15) is 9.18 Å². The number of thiazole rings is 1. The van der Waals surface area contributed by atoms with Gasteiger partial charge in [-0.2, -0.15) is 4.98 Å². The van der Waals surface area contributed by atoms with Crippen LogP contribution >= 0.6 is 11.3 Å². The minimum atomic E-state index is -0.398. The van der Waals surface area contributed by atoms with Crippen LogP contribution in [-0.4, -0.2) is 21.0 Å². The van der Waals surface area contributed by atoms with Crippen LogP contribution in [0.5, 0.6) is 0 Å². The zero-order valence-corrected chi connectivity index (χ0v) is 15.9. The summed E-state index contributed by atoms with van der Waals surface area (Å²) in [6.07, 6.45) is 0. The summed E-state index contributed by atoms with van der Waals surface area (Å²) in [7, 11) is 0. The van der Waals surface area contributed by atoms with Gasteiger partial charge in [-0.1, -0.05) is 46.3 Å². The molecule has 0 spiro atoms. The van der Waals surface area contributed by atoms with Crippen LogP contribution in [0.2, 0.25) is 0 Å². The molecule has 1 amide bonds. The summed E-state index contributed by atoms with van der Waals surface area (Å²) in [4.78, 5) is 21.7. The number of aryl methyl sites for hydroxylation is 2. The van der Waals surface area contributed by atoms with Gasteiger partial charge in [0.15, 0.2) is 5.13 Å². The topological polar surface area (TPSA) is 80.9 Å². The second kappa shape index (κ2) is 7.32. The molecule has 0 radical (unpaired) electrons. The number of anilines is 1. The van der Waals surface area contributed by atoms with Gasteiger partial charge in [0.1, 0.15) is 10.7 Å². The Morgan fingerprint density at radius 3 is 2.46 bits per heavy atom. The molecule has 0 saturated carbocycles. The molecule has 2 heterocycles. The highest BCUT2D eigenvalue weighted by atomic mass is 32.1. The molecule has 2 aromatic carbocycles. The summed E-state index contributed by atoms with van der Waals surface area (Å²) in [6.45, 7) is 3.81. The number of rotatable bonds is 4. The number of nitrogens with one attached hydrogen (secondary N) is 1. The number of carbonyl (C=O) groups is 1. The number of carbonyl (C=O) groups excluding carboxylic acids is 1. The molecule has 0 bridgehead atoms. The summed E-state index contributed by atoms with van der Waals surface area (Å²) in [5.74, 6) is 0.0587. The second-order valence-electron chi connectivity index (χ2n) is 6.18. The van der Waals surface area contributed by atoms with Gasteiger partial charge in [0, 0.05) is 11.1 Å². The van der Waals surface area contributed by atoms with Crippen molar-refractivity contribution in [2.45, 2.75) is 13.8 Å². The van der Waals surface area contributed by atoms with Gasteiger partial charge in [-0.25, -0.2) is 9.37 Å². The Hall–Kier alpha value is -3.39. The molecule has 0 aliphatic heterocycles. The second-order valence-corrected chi connectivity index (χ2v) is 7.18. The molecule has 0 aliphatic carbocycles. The number of nitrogens with zero attached hydrogens (tertiary/aromatic N) is 3. The fraction of sp³-hybridized carbons (Fsp3) is 0.100. The first-order valence-corrected chi connectivity index (χ1v) is 9.27. The van der Waals surface area contributed by atoms with Gasteiger partial charge in [-0.3, -0.25) is 10.1 Å². The van der Waals surface area contributed by atoms with E-state index < -0.39 is 5.82 Å². The van der Waals surface area contributed by atoms with Crippen LogP contribution in [0.3, 0.4) is 0 Å². The molecule has 6 nitrogen and oxygen atoms in total. The molecule has 8 heteroatoms. The minimum Gasteiger partial charge on any atom is -0.333 e. The van der Waals surface area contributed by atoms with Gasteiger partial charge in [0.25, 0.3) is 11.8 Å². The van der Waals surface area contributed by atoms with Gasteiger partial charge >= 0.3 is 0 Å². The Morgan fingerprint density at radius 2 is 1.75 bits per heavy atom. The highest BCUT2D eigenvalue weighted by molar-refractivity contribution is 7.19. The Labute approximate surface area is 164 Å². The summed E-state index contributed by atoms with van der Waals surface area (Å²) in [6, 6.07) is 13.1. The van der Waals surface area contributed by atoms with Gasteiger partial charge < -0.3 is 4.52 Å². The maximum atomic E-state index is 13.0. The maximum absolute atomic E-state index is 13.0. The van der Waals surface area contributed by atoms with E-state index in [-0.39, 0.29) is 5.91 Å². The van der Waals surface area contributed by atoms with E-state index in [1.807, 2.05) is 31.2 Å². The van der Waals surface area contributed by atoms with Crippen molar-refractivity contribution < 1.29 is 13.7 Å². The summed E-state index contributed by atoms with van der Waals surface area (Å²) in [5.41, 5.74) is 3.01. The van der Waals surface area contributed by atoms with Crippen LogP contribution in [0, 0.1) is 19.7 Å². The van der Waals surface area contributed by atoms with Crippen LogP contribution in [0.1, 0.15) is 21.6 Å². The molecule has 0 atom stereocenters. The fourth-order valence-electron chi connectivity index (χ4n) is 2.55. The monoisotopic (exact) mass is 394 g/mol. The lowest BCUT2D eigenvalue weighted by molar-refractivity contribution is 0.102. The van der Waals surface area contributed by atoms with Gasteiger partial charge in [0.2, 0.25) is 5.82 Å². The fourth-order valence-corrected chi connectivity index (χ4v) is 3.44. The molecular weight excluding hydrogens is 379 g/mol. The van der Waals surface area contributed by atoms with Gasteiger partial charge in [0.05, 0.1) is 5.69 Å². The van der Waals surface area contributed by atoms with E-state index in [1.165, 1.54) is 35.6 Å². The third kappa shape index (κ3) is 3.67. The first kappa shape index (κ1) is 18.0. The molecular formula is C20H15FN4O2S. The quantitative estimate of drug-likeness (QED) is 0.534. The Morgan fingerprint density at radius 1 is 1.04 bits per heavy atom. The lowest BCUT2D eigenvalue weighted by atomic mass is 10.1. The zero-order chi connectivity index (χ0) is 19.7. The molecule has 0 aliphatic rings. The van der Waals surface area contributed by atoms with E-state index in [2.05, 4.69) is 20.4 Å². The number of hydrogen-bond donors (Lipinski definition) is 1. The average Bonchev–Trinajstić information content (AvgIpc) is 3.29. The van der Waals surface area contributed by atoms with E-state index in [0.717, 1.165) is 11.1 Å². The number of hydrogen-bond acceptors (Lipinski definition) is 6. The average molecular weight is 394 g/mol. The lowest BCUT2D eigenvalue weighted by Gasteiger charge is -2.00. The van der Waals surface area contributed by atoms with Crippen molar-refractivity contribution in [3.8, 4) is 22.2 Å².